The van der Waals surface area contributed by atoms with Crippen LogP contribution in [0, 0.1) is 10.8 Å². The molecule has 0 aromatic heterocycles. The van der Waals surface area contributed by atoms with Crippen molar-refractivity contribution in [2.24, 2.45) is 10.8 Å². The zero-order valence-corrected chi connectivity index (χ0v) is 12.0. The van der Waals surface area contributed by atoms with Crippen LogP contribution in [0.15, 0.2) is 29.2 Å². The van der Waals surface area contributed by atoms with Crippen LogP contribution in [-0.2, 0) is 9.84 Å². The standard InChI is InChI=1S/C15H20O3S/c1-14-7-2-8-15(9-14,10-14)11-19(17,18)13-5-3-12(16)4-6-13/h3-6,16H,2,7-11H2,1H3. The number of phenols is 1. The van der Waals surface area contributed by atoms with Crippen LogP contribution in [0.3, 0.4) is 0 Å². The number of aromatic hydroxyl groups is 1. The topological polar surface area (TPSA) is 54.4 Å². The summed E-state index contributed by atoms with van der Waals surface area (Å²) in [5.74, 6) is 0.367. The Morgan fingerprint density at radius 3 is 2.37 bits per heavy atom. The van der Waals surface area contributed by atoms with E-state index in [2.05, 4.69) is 6.92 Å². The Morgan fingerprint density at radius 1 is 1.16 bits per heavy atom. The largest absolute Gasteiger partial charge is 0.508 e. The van der Waals surface area contributed by atoms with Crippen molar-refractivity contribution in [3.63, 3.8) is 0 Å². The van der Waals surface area contributed by atoms with Crippen molar-refractivity contribution in [1.29, 1.82) is 0 Å². The molecular formula is C15H20O3S. The zero-order valence-electron chi connectivity index (χ0n) is 11.2. The fourth-order valence-electron chi connectivity index (χ4n) is 4.32. The van der Waals surface area contributed by atoms with Gasteiger partial charge in [-0.25, -0.2) is 8.42 Å². The third-order valence-corrected chi connectivity index (χ3v) is 6.77. The first kappa shape index (κ1) is 13.0. The Morgan fingerprint density at radius 2 is 1.79 bits per heavy atom. The van der Waals surface area contributed by atoms with Gasteiger partial charge in [0.15, 0.2) is 9.84 Å². The van der Waals surface area contributed by atoms with Crippen molar-refractivity contribution in [1.82, 2.24) is 0 Å². The molecule has 3 fully saturated rings. The van der Waals surface area contributed by atoms with Crippen LogP contribution in [0.1, 0.15) is 39.0 Å². The molecule has 3 aliphatic carbocycles. The molecule has 0 saturated heterocycles. The van der Waals surface area contributed by atoms with Crippen LogP contribution >= 0.6 is 0 Å². The van der Waals surface area contributed by atoms with Crippen LogP contribution in [0.2, 0.25) is 0 Å². The molecular weight excluding hydrogens is 260 g/mol. The molecule has 1 aromatic carbocycles. The summed E-state index contributed by atoms with van der Waals surface area (Å²) in [7, 11) is -3.24. The Balaban J connectivity index is 1.81. The Kier molecular flexibility index (Phi) is 2.72. The highest BCUT2D eigenvalue weighted by molar-refractivity contribution is 7.91. The van der Waals surface area contributed by atoms with Gasteiger partial charge in [0.2, 0.25) is 0 Å². The number of rotatable bonds is 3. The number of fused-ring (bicyclic) bond motifs is 2. The van der Waals surface area contributed by atoms with Gasteiger partial charge in [-0.15, -0.1) is 0 Å². The SMILES string of the molecule is CC12CCCC(CS(=O)(=O)c3ccc(O)cc3)(C1)C2. The minimum Gasteiger partial charge on any atom is -0.508 e. The molecule has 0 atom stereocenters. The summed E-state index contributed by atoms with van der Waals surface area (Å²) in [6, 6.07) is 5.89. The van der Waals surface area contributed by atoms with E-state index in [1.54, 1.807) is 0 Å². The number of hydrogen-bond donors (Lipinski definition) is 1. The lowest BCUT2D eigenvalue weighted by Gasteiger charge is -2.59. The van der Waals surface area contributed by atoms with E-state index in [-0.39, 0.29) is 16.9 Å². The predicted molar refractivity (Wildman–Crippen MR) is 73.8 cm³/mol. The highest BCUT2D eigenvalue weighted by Gasteiger charge is 2.55. The maximum atomic E-state index is 12.5. The van der Waals surface area contributed by atoms with Gasteiger partial charge in [0.25, 0.3) is 0 Å². The maximum absolute atomic E-state index is 12.5. The van der Waals surface area contributed by atoms with Crippen molar-refractivity contribution < 1.29 is 13.5 Å². The molecule has 2 bridgehead atoms. The summed E-state index contributed by atoms with van der Waals surface area (Å²) in [6.07, 6.45) is 5.55. The molecule has 104 valence electrons. The lowest BCUT2D eigenvalue weighted by molar-refractivity contribution is -0.0642. The zero-order chi connectivity index (χ0) is 13.7. The Bertz CT molecular complexity index is 580. The molecule has 0 spiro atoms. The Hall–Kier alpha value is -1.03. The second-order valence-corrected chi connectivity index (χ2v) is 8.76. The molecule has 3 aliphatic rings. The van der Waals surface area contributed by atoms with Crippen molar-refractivity contribution in [3.05, 3.63) is 24.3 Å². The minimum absolute atomic E-state index is 0.0176. The van der Waals surface area contributed by atoms with E-state index >= 15 is 0 Å². The fourth-order valence-corrected chi connectivity index (χ4v) is 6.19. The van der Waals surface area contributed by atoms with Gasteiger partial charge in [-0.3, -0.25) is 0 Å². The van der Waals surface area contributed by atoms with Crippen LogP contribution < -0.4 is 0 Å². The van der Waals surface area contributed by atoms with Crippen molar-refractivity contribution in [2.75, 3.05) is 5.75 Å². The van der Waals surface area contributed by atoms with Gasteiger partial charge < -0.3 is 5.11 Å². The summed E-state index contributed by atoms with van der Waals surface area (Å²) in [5.41, 5.74) is 0.409. The van der Waals surface area contributed by atoms with Gasteiger partial charge >= 0.3 is 0 Å². The smallest absolute Gasteiger partial charge is 0.178 e. The fraction of sp³-hybridized carbons (Fsp3) is 0.600. The molecule has 1 aromatic rings. The highest BCUT2D eigenvalue weighted by atomic mass is 32.2. The van der Waals surface area contributed by atoms with Gasteiger partial charge in [-0.2, -0.15) is 0 Å². The summed E-state index contributed by atoms with van der Waals surface area (Å²) < 4.78 is 24.9. The van der Waals surface area contributed by atoms with E-state index in [4.69, 9.17) is 0 Å². The van der Waals surface area contributed by atoms with E-state index in [0.29, 0.717) is 10.3 Å². The van der Waals surface area contributed by atoms with Crippen LogP contribution in [0.5, 0.6) is 5.75 Å². The van der Waals surface area contributed by atoms with Crippen molar-refractivity contribution in [2.45, 2.75) is 43.9 Å². The van der Waals surface area contributed by atoms with Crippen molar-refractivity contribution >= 4 is 9.84 Å². The first-order valence-electron chi connectivity index (χ1n) is 6.85. The normalized spacial score (nSPS) is 33.7. The van der Waals surface area contributed by atoms with E-state index in [9.17, 15) is 13.5 Å². The minimum atomic E-state index is -3.24. The van der Waals surface area contributed by atoms with Crippen LogP contribution in [0.25, 0.3) is 0 Å². The van der Waals surface area contributed by atoms with E-state index in [1.165, 1.54) is 30.7 Å². The molecule has 0 unspecified atom stereocenters. The molecule has 0 aliphatic heterocycles. The second kappa shape index (κ2) is 3.98. The molecule has 3 saturated carbocycles. The van der Waals surface area contributed by atoms with Gasteiger partial charge in [0.05, 0.1) is 10.6 Å². The number of hydrogen-bond acceptors (Lipinski definition) is 3. The quantitative estimate of drug-likeness (QED) is 0.925. The highest BCUT2D eigenvalue weighted by Crippen LogP contribution is 2.64. The molecule has 19 heavy (non-hydrogen) atoms. The number of benzene rings is 1. The molecule has 0 heterocycles. The lowest BCUT2D eigenvalue weighted by atomic mass is 9.47. The van der Waals surface area contributed by atoms with Gasteiger partial charge in [0.1, 0.15) is 5.75 Å². The Labute approximate surface area is 114 Å². The summed E-state index contributed by atoms with van der Waals surface area (Å²) >= 11 is 0. The maximum Gasteiger partial charge on any atom is 0.178 e. The van der Waals surface area contributed by atoms with Gasteiger partial charge in [-0.1, -0.05) is 13.3 Å². The third kappa shape index (κ3) is 2.27. The molecule has 3 nitrogen and oxygen atoms in total. The van der Waals surface area contributed by atoms with Crippen LogP contribution in [-0.4, -0.2) is 19.3 Å². The molecule has 0 radical (unpaired) electrons. The second-order valence-electron chi connectivity index (χ2n) is 6.77. The lowest BCUT2D eigenvalue weighted by Crippen LogP contribution is -2.52. The molecule has 4 heteroatoms. The van der Waals surface area contributed by atoms with Gasteiger partial charge in [-0.05, 0) is 60.8 Å². The third-order valence-electron chi connectivity index (χ3n) is 4.78. The summed E-state index contributed by atoms with van der Waals surface area (Å²) in [6.45, 7) is 2.28. The first-order chi connectivity index (χ1) is 8.83. The van der Waals surface area contributed by atoms with E-state index in [0.717, 1.165) is 25.7 Å². The molecule has 0 amide bonds. The number of sulfone groups is 1. The van der Waals surface area contributed by atoms with Crippen molar-refractivity contribution in [3.8, 4) is 5.75 Å². The predicted octanol–water partition coefficient (Wildman–Crippen LogP) is 3.14. The van der Waals surface area contributed by atoms with Gasteiger partial charge in [0, 0.05) is 0 Å². The average Bonchev–Trinajstić information content (AvgIpc) is 2.27. The van der Waals surface area contributed by atoms with Crippen LogP contribution in [0.4, 0.5) is 0 Å². The summed E-state index contributed by atoms with van der Waals surface area (Å²) in [4.78, 5) is 0.332. The van der Waals surface area contributed by atoms with E-state index < -0.39 is 9.84 Å². The number of phenolic OH excluding ortho intramolecular Hbond substituents is 1. The average molecular weight is 280 g/mol. The monoisotopic (exact) mass is 280 g/mol. The summed E-state index contributed by atoms with van der Waals surface area (Å²) in [5, 5.41) is 9.24. The first-order valence-corrected chi connectivity index (χ1v) is 8.50. The molecule has 1 N–H and O–H groups in total. The molecule has 4 rings (SSSR count). The van der Waals surface area contributed by atoms with E-state index in [1.807, 2.05) is 0 Å².